The van der Waals surface area contributed by atoms with E-state index in [9.17, 15) is 9.59 Å². The number of rotatable bonds is 5. The quantitative estimate of drug-likeness (QED) is 0.784. The van der Waals surface area contributed by atoms with E-state index in [1.165, 1.54) is 9.08 Å². The van der Waals surface area contributed by atoms with Crippen LogP contribution in [0.5, 0.6) is 0 Å². The maximum Gasteiger partial charge on any atom is 0.350 e. The van der Waals surface area contributed by atoms with Gasteiger partial charge in [-0.3, -0.25) is 9.20 Å². The van der Waals surface area contributed by atoms with Crippen molar-refractivity contribution in [3.05, 3.63) is 34.9 Å². The Kier molecular flexibility index (Phi) is 5.03. The van der Waals surface area contributed by atoms with Crippen LogP contribution in [0.2, 0.25) is 0 Å². The fraction of sp³-hybridized carbons (Fsp3) is 0.611. The van der Waals surface area contributed by atoms with Gasteiger partial charge in [-0.05, 0) is 31.4 Å². The molecule has 8 heteroatoms. The van der Waals surface area contributed by atoms with Gasteiger partial charge in [-0.15, -0.1) is 5.10 Å². The molecule has 0 N–H and O–H groups in total. The lowest BCUT2D eigenvalue weighted by Gasteiger charge is -2.33. The molecule has 4 rings (SSSR count). The predicted molar refractivity (Wildman–Crippen MR) is 94.0 cm³/mol. The van der Waals surface area contributed by atoms with E-state index in [2.05, 4.69) is 5.10 Å². The second kappa shape index (κ2) is 7.59. The fourth-order valence-electron chi connectivity index (χ4n) is 3.61. The summed E-state index contributed by atoms with van der Waals surface area (Å²) in [5.41, 5.74) is 0.387. The second-order valence-electron chi connectivity index (χ2n) is 6.89. The third-order valence-corrected chi connectivity index (χ3v) is 5.09. The Morgan fingerprint density at radius 2 is 2.08 bits per heavy atom. The molecule has 0 radical (unpaired) electrons. The summed E-state index contributed by atoms with van der Waals surface area (Å²) in [5.74, 6) is 0.0663. The zero-order valence-corrected chi connectivity index (χ0v) is 14.7. The number of hydrogen-bond acceptors (Lipinski definition) is 5. The molecule has 1 unspecified atom stereocenters. The topological polar surface area (TPSA) is 78.1 Å². The molecule has 0 aliphatic carbocycles. The highest BCUT2D eigenvalue weighted by Gasteiger charge is 2.27. The molecular weight excluding hydrogens is 336 g/mol. The largest absolute Gasteiger partial charge is 0.379 e. The lowest BCUT2D eigenvalue weighted by atomic mass is 10.1. The molecule has 26 heavy (non-hydrogen) atoms. The molecule has 140 valence electrons. The zero-order valence-electron chi connectivity index (χ0n) is 14.7. The van der Waals surface area contributed by atoms with Crippen molar-refractivity contribution in [3.63, 3.8) is 0 Å². The molecule has 2 aliphatic rings. The molecule has 2 saturated heterocycles. The third kappa shape index (κ3) is 3.66. The van der Waals surface area contributed by atoms with Crippen molar-refractivity contribution in [3.8, 4) is 0 Å². The van der Waals surface area contributed by atoms with Gasteiger partial charge in [-0.2, -0.15) is 0 Å². The van der Waals surface area contributed by atoms with Crippen molar-refractivity contribution in [2.24, 2.45) is 0 Å². The first kappa shape index (κ1) is 17.2. The highest BCUT2D eigenvalue weighted by atomic mass is 16.5. The average molecular weight is 360 g/mol. The number of aromatic nitrogens is 3. The minimum absolute atomic E-state index is 0.0663. The number of amides is 1. The molecule has 4 heterocycles. The highest BCUT2D eigenvalue weighted by Crippen LogP contribution is 2.19. The summed E-state index contributed by atoms with van der Waals surface area (Å²) < 4.78 is 14.2. The van der Waals surface area contributed by atoms with Gasteiger partial charge in [0.2, 0.25) is 5.91 Å². The number of hydrogen-bond donors (Lipinski definition) is 0. The number of fused-ring (bicyclic) bond motifs is 1. The first-order valence-corrected chi connectivity index (χ1v) is 9.26. The monoisotopic (exact) mass is 360 g/mol. The molecule has 2 aliphatic heterocycles. The van der Waals surface area contributed by atoms with Gasteiger partial charge >= 0.3 is 5.69 Å². The standard InChI is InChI=1S/C18H24N4O4/c23-17(6-11-22-18(24)21-8-2-1-3-16(21)19-22)20-9-4-14(5-10-20)26-15-7-12-25-13-15/h1-3,8,14-15H,4-7,9-13H2. The molecule has 0 saturated carbocycles. The predicted octanol–water partition coefficient (Wildman–Crippen LogP) is 0.683. The Hall–Kier alpha value is -2.19. The van der Waals surface area contributed by atoms with E-state index in [0.717, 1.165) is 25.9 Å². The molecule has 8 nitrogen and oxygen atoms in total. The maximum atomic E-state index is 12.5. The molecule has 1 amide bonds. The normalized spacial score (nSPS) is 21.5. The summed E-state index contributed by atoms with van der Waals surface area (Å²) in [6.07, 6.45) is 5.07. The Balaban J connectivity index is 1.27. The maximum absolute atomic E-state index is 12.5. The van der Waals surface area contributed by atoms with Gasteiger partial charge in [-0.1, -0.05) is 6.07 Å². The van der Waals surface area contributed by atoms with Gasteiger partial charge in [0.05, 0.1) is 25.4 Å². The van der Waals surface area contributed by atoms with Crippen LogP contribution in [0.4, 0.5) is 0 Å². The summed E-state index contributed by atoms with van der Waals surface area (Å²) in [4.78, 5) is 26.6. The van der Waals surface area contributed by atoms with Gasteiger partial charge in [-0.25, -0.2) is 9.48 Å². The molecule has 2 aromatic rings. The average Bonchev–Trinajstić information content (AvgIpc) is 3.29. The SMILES string of the molecule is O=C(CCn1nc2ccccn2c1=O)N1CCC(OC2CCOC2)CC1. The number of piperidine rings is 1. The molecule has 2 aromatic heterocycles. The van der Waals surface area contributed by atoms with E-state index in [4.69, 9.17) is 9.47 Å². The molecule has 1 atom stereocenters. The lowest BCUT2D eigenvalue weighted by Crippen LogP contribution is -2.42. The Bertz CT molecular complexity index is 816. The summed E-state index contributed by atoms with van der Waals surface area (Å²) in [6, 6.07) is 5.40. The number of likely N-dealkylation sites (tertiary alicyclic amines) is 1. The van der Waals surface area contributed by atoms with Crippen molar-refractivity contribution in [2.75, 3.05) is 26.3 Å². The van der Waals surface area contributed by atoms with Crippen LogP contribution in [0.1, 0.15) is 25.7 Å². The van der Waals surface area contributed by atoms with Gasteiger partial charge in [0.15, 0.2) is 5.65 Å². The molecule has 0 bridgehead atoms. The van der Waals surface area contributed by atoms with E-state index < -0.39 is 0 Å². The van der Waals surface area contributed by atoms with Crippen LogP contribution >= 0.6 is 0 Å². The molecule has 0 aromatic carbocycles. The van der Waals surface area contributed by atoms with Crippen LogP contribution in [0.3, 0.4) is 0 Å². The molecule has 0 spiro atoms. The van der Waals surface area contributed by atoms with Crippen LogP contribution in [0.15, 0.2) is 29.2 Å². The zero-order chi connectivity index (χ0) is 17.9. The van der Waals surface area contributed by atoms with E-state index in [1.54, 1.807) is 18.3 Å². The van der Waals surface area contributed by atoms with Crippen molar-refractivity contribution in [1.82, 2.24) is 19.1 Å². The van der Waals surface area contributed by atoms with Crippen LogP contribution in [-0.4, -0.2) is 63.5 Å². The van der Waals surface area contributed by atoms with E-state index in [1.807, 2.05) is 11.0 Å². The summed E-state index contributed by atoms with van der Waals surface area (Å²) >= 11 is 0. The van der Waals surface area contributed by atoms with Gasteiger partial charge in [0.1, 0.15) is 0 Å². The lowest BCUT2D eigenvalue weighted by molar-refractivity contribution is -0.135. The number of carbonyl (C=O) groups is 1. The Morgan fingerprint density at radius 1 is 1.23 bits per heavy atom. The first-order chi connectivity index (χ1) is 12.7. The highest BCUT2D eigenvalue weighted by molar-refractivity contribution is 5.76. The first-order valence-electron chi connectivity index (χ1n) is 9.26. The second-order valence-corrected chi connectivity index (χ2v) is 6.89. The minimum atomic E-state index is -0.209. The number of nitrogens with zero attached hydrogens (tertiary/aromatic N) is 4. The van der Waals surface area contributed by atoms with Crippen molar-refractivity contribution in [1.29, 1.82) is 0 Å². The molecular formula is C18H24N4O4. The van der Waals surface area contributed by atoms with Crippen LogP contribution < -0.4 is 5.69 Å². The Labute approximate surface area is 151 Å². The van der Waals surface area contributed by atoms with Crippen LogP contribution in [-0.2, 0) is 20.8 Å². The molecule has 2 fully saturated rings. The van der Waals surface area contributed by atoms with E-state index in [-0.39, 0.29) is 30.2 Å². The van der Waals surface area contributed by atoms with E-state index >= 15 is 0 Å². The van der Waals surface area contributed by atoms with E-state index in [0.29, 0.717) is 31.9 Å². The van der Waals surface area contributed by atoms with Crippen molar-refractivity contribution < 1.29 is 14.3 Å². The number of aryl methyl sites for hydroxylation is 1. The van der Waals surface area contributed by atoms with Crippen LogP contribution in [0.25, 0.3) is 5.65 Å². The smallest absolute Gasteiger partial charge is 0.350 e. The third-order valence-electron chi connectivity index (χ3n) is 5.09. The number of ether oxygens (including phenoxy) is 2. The van der Waals surface area contributed by atoms with Gasteiger partial charge < -0.3 is 14.4 Å². The number of carbonyl (C=O) groups excluding carboxylic acids is 1. The fourth-order valence-corrected chi connectivity index (χ4v) is 3.61. The van der Waals surface area contributed by atoms with Crippen molar-refractivity contribution >= 4 is 11.6 Å². The van der Waals surface area contributed by atoms with Gasteiger partial charge in [0.25, 0.3) is 0 Å². The number of pyridine rings is 1. The summed E-state index contributed by atoms with van der Waals surface area (Å²) in [5, 5.41) is 4.26. The van der Waals surface area contributed by atoms with Gasteiger partial charge in [0, 0.05) is 32.3 Å². The summed E-state index contributed by atoms with van der Waals surface area (Å²) in [7, 11) is 0. The van der Waals surface area contributed by atoms with Crippen molar-refractivity contribution in [2.45, 2.75) is 44.4 Å². The summed E-state index contributed by atoms with van der Waals surface area (Å²) in [6.45, 7) is 3.18. The van der Waals surface area contributed by atoms with Crippen LogP contribution in [0, 0.1) is 0 Å². The Morgan fingerprint density at radius 3 is 2.81 bits per heavy atom. The minimum Gasteiger partial charge on any atom is -0.379 e.